The number of rotatable bonds is 5. The predicted molar refractivity (Wildman–Crippen MR) is 102 cm³/mol. The summed E-state index contributed by atoms with van der Waals surface area (Å²) in [5, 5.41) is 2.93. The summed E-state index contributed by atoms with van der Waals surface area (Å²) < 4.78 is 0. The van der Waals surface area contributed by atoms with Crippen LogP contribution in [0.3, 0.4) is 0 Å². The number of carbonyl (C=O) groups excluding carboxylic acids is 1. The fourth-order valence-corrected chi connectivity index (χ4v) is 3.30. The fraction of sp³-hybridized carbons (Fsp3) is 0.381. The van der Waals surface area contributed by atoms with Crippen molar-refractivity contribution in [2.45, 2.75) is 26.4 Å². The van der Waals surface area contributed by atoms with Gasteiger partial charge in [0.25, 0.3) is 5.91 Å². The van der Waals surface area contributed by atoms with E-state index in [1.54, 1.807) is 4.90 Å². The van der Waals surface area contributed by atoms with Crippen LogP contribution >= 0.6 is 0 Å². The van der Waals surface area contributed by atoms with E-state index >= 15 is 0 Å². The molecule has 4 heteroatoms. The van der Waals surface area contributed by atoms with Crippen LogP contribution in [0.5, 0.6) is 0 Å². The molecular formula is C21H28N3O+. The quantitative estimate of drug-likeness (QED) is 0.871. The summed E-state index contributed by atoms with van der Waals surface area (Å²) in [7, 11) is 0. The van der Waals surface area contributed by atoms with Crippen LogP contribution in [0, 0.1) is 0 Å². The third-order valence-electron chi connectivity index (χ3n) is 4.68. The summed E-state index contributed by atoms with van der Waals surface area (Å²) in [5.74, 6) is 0.00497. The van der Waals surface area contributed by atoms with Crippen LogP contribution in [0.25, 0.3) is 0 Å². The number of benzene rings is 2. The Balaban J connectivity index is 1.51. The molecule has 1 heterocycles. The van der Waals surface area contributed by atoms with Gasteiger partial charge in [-0.25, -0.2) is 0 Å². The zero-order chi connectivity index (χ0) is 17.6. The Labute approximate surface area is 150 Å². The highest BCUT2D eigenvalue weighted by molar-refractivity contribution is 5.94. The smallest absolute Gasteiger partial charge is 0.251 e. The van der Waals surface area contributed by atoms with Gasteiger partial charge in [-0.15, -0.1) is 0 Å². The van der Waals surface area contributed by atoms with Crippen LogP contribution in [0.1, 0.15) is 29.8 Å². The van der Waals surface area contributed by atoms with Crippen molar-refractivity contribution in [2.24, 2.45) is 0 Å². The second kappa shape index (κ2) is 8.17. The number of hydrogen-bond donors (Lipinski definition) is 2. The van der Waals surface area contributed by atoms with E-state index in [4.69, 9.17) is 0 Å². The number of amides is 1. The van der Waals surface area contributed by atoms with Gasteiger partial charge in [0, 0.05) is 22.9 Å². The molecule has 132 valence electrons. The first-order valence-electron chi connectivity index (χ1n) is 9.15. The molecule has 0 spiro atoms. The summed E-state index contributed by atoms with van der Waals surface area (Å²) >= 11 is 0. The second-order valence-electron chi connectivity index (χ2n) is 7.07. The van der Waals surface area contributed by atoms with Crippen molar-refractivity contribution in [2.75, 3.05) is 31.1 Å². The van der Waals surface area contributed by atoms with Gasteiger partial charge < -0.3 is 15.1 Å². The summed E-state index contributed by atoms with van der Waals surface area (Å²) in [4.78, 5) is 16.1. The lowest BCUT2D eigenvalue weighted by molar-refractivity contribution is -0.914. The predicted octanol–water partition coefficient (Wildman–Crippen LogP) is 1.73. The van der Waals surface area contributed by atoms with Gasteiger partial charge in [-0.3, -0.25) is 4.79 Å². The van der Waals surface area contributed by atoms with Gasteiger partial charge in [-0.1, -0.05) is 30.3 Å². The van der Waals surface area contributed by atoms with Crippen molar-refractivity contribution >= 4 is 11.6 Å². The van der Waals surface area contributed by atoms with E-state index < -0.39 is 0 Å². The minimum Gasteiger partial charge on any atom is -0.360 e. The summed E-state index contributed by atoms with van der Waals surface area (Å²) in [5.41, 5.74) is 3.35. The molecule has 4 nitrogen and oxygen atoms in total. The number of para-hydroxylation sites is 1. The number of anilines is 1. The number of carbonyl (C=O) groups is 1. The van der Waals surface area contributed by atoms with Crippen LogP contribution in [-0.4, -0.2) is 38.1 Å². The fourth-order valence-electron chi connectivity index (χ4n) is 3.30. The highest BCUT2D eigenvalue weighted by atomic mass is 16.1. The maximum atomic E-state index is 12.0. The van der Waals surface area contributed by atoms with Gasteiger partial charge in [0.2, 0.25) is 0 Å². The molecule has 0 saturated carbocycles. The standard InChI is InChI=1S/C21H27N3O/c1-17(2)22-21(25)19-10-8-18(9-11-19)16-23-12-14-24(15-13-23)20-6-4-3-5-7-20/h3-11,17H,12-16H2,1-2H3,(H,22,25)/p+1. The molecule has 1 amide bonds. The minimum atomic E-state index is 0.00497. The lowest BCUT2D eigenvalue weighted by Crippen LogP contribution is -3.13. The highest BCUT2D eigenvalue weighted by Crippen LogP contribution is 2.12. The highest BCUT2D eigenvalue weighted by Gasteiger charge is 2.20. The maximum Gasteiger partial charge on any atom is 0.251 e. The van der Waals surface area contributed by atoms with Crippen molar-refractivity contribution < 1.29 is 9.69 Å². The van der Waals surface area contributed by atoms with Crippen LogP contribution in [0.4, 0.5) is 5.69 Å². The molecule has 3 rings (SSSR count). The molecule has 25 heavy (non-hydrogen) atoms. The molecule has 1 saturated heterocycles. The Morgan fingerprint density at radius 3 is 2.28 bits per heavy atom. The largest absolute Gasteiger partial charge is 0.360 e. The van der Waals surface area contributed by atoms with E-state index in [-0.39, 0.29) is 11.9 Å². The number of nitrogens with one attached hydrogen (secondary N) is 2. The molecule has 1 aliphatic rings. The Hall–Kier alpha value is -2.33. The van der Waals surface area contributed by atoms with E-state index in [9.17, 15) is 4.79 Å². The first-order valence-corrected chi connectivity index (χ1v) is 9.15. The Morgan fingerprint density at radius 2 is 1.68 bits per heavy atom. The number of nitrogens with zero attached hydrogens (tertiary/aromatic N) is 1. The van der Waals surface area contributed by atoms with Crippen molar-refractivity contribution in [1.29, 1.82) is 0 Å². The van der Waals surface area contributed by atoms with Gasteiger partial charge in [-0.2, -0.15) is 0 Å². The van der Waals surface area contributed by atoms with E-state index in [2.05, 4.69) is 52.7 Å². The van der Waals surface area contributed by atoms with Crippen LogP contribution in [0.2, 0.25) is 0 Å². The molecule has 2 aromatic carbocycles. The minimum absolute atomic E-state index is 0.00497. The molecule has 2 aromatic rings. The molecule has 0 aliphatic carbocycles. The van der Waals surface area contributed by atoms with Crippen molar-refractivity contribution in [1.82, 2.24) is 5.32 Å². The van der Waals surface area contributed by atoms with Crippen molar-refractivity contribution in [3.63, 3.8) is 0 Å². The van der Waals surface area contributed by atoms with E-state index in [1.165, 1.54) is 11.3 Å². The van der Waals surface area contributed by atoms with Gasteiger partial charge >= 0.3 is 0 Å². The van der Waals surface area contributed by atoms with Crippen LogP contribution in [0.15, 0.2) is 54.6 Å². The maximum absolute atomic E-state index is 12.0. The van der Waals surface area contributed by atoms with Gasteiger partial charge in [0.05, 0.1) is 26.2 Å². The zero-order valence-electron chi connectivity index (χ0n) is 15.2. The Bertz CT molecular complexity index is 674. The summed E-state index contributed by atoms with van der Waals surface area (Å²) in [6, 6.07) is 18.9. The Kier molecular flexibility index (Phi) is 5.71. The first kappa shape index (κ1) is 17.5. The molecule has 0 aromatic heterocycles. The van der Waals surface area contributed by atoms with Crippen molar-refractivity contribution in [3.05, 3.63) is 65.7 Å². The zero-order valence-corrected chi connectivity index (χ0v) is 15.2. The lowest BCUT2D eigenvalue weighted by Gasteiger charge is -2.33. The molecular weight excluding hydrogens is 310 g/mol. The molecule has 0 atom stereocenters. The summed E-state index contributed by atoms with van der Waals surface area (Å²) in [6.07, 6.45) is 0. The van der Waals surface area contributed by atoms with Gasteiger partial charge in [0.1, 0.15) is 6.54 Å². The third-order valence-corrected chi connectivity index (χ3v) is 4.68. The van der Waals surface area contributed by atoms with Crippen LogP contribution < -0.4 is 15.1 Å². The molecule has 0 radical (unpaired) electrons. The van der Waals surface area contributed by atoms with Gasteiger partial charge in [0.15, 0.2) is 0 Å². The normalized spacial score (nSPS) is 15.4. The lowest BCUT2D eigenvalue weighted by atomic mass is 10.1. The SMILES string of the molecule is CC(C)NC(=O)c1ccc(C[NH+]2CCN(c3ccccc3)CC2)cc1. The molecule has 1 fully saturated rings. The monoisotopic (exact) mass is 338 g/mol. The number of hydrogen-bond acceptors (Lipinski definition) is 2. The van der Waals surface area contributed by atoms with E-state index in [0.717, 1.165) is 38.3 Å². The number of piperazine rings is 1. The first-order chi connectivity index (χ1) is 12.1. The molecule has 0 bridgehead atoms. The van der Waals surface area contributed by atoms with E-state index in [0.29, 0.717) is 0 Å². The second-order valence-corrected chi connectivity index (χ2v) is 7.07. The molecule has 0 unspecified atom stereocenters. The average molecular weight is 338 g/mol. The van der Waals surface area contributed by atoms with Gasteiger partial charge in [-0.05, 0) is 38.1 Å². The third kappa shape index (κ3) is 4.83. The molecule has 1 aliphatic heterocycles. The van der Waals surface area contributed by atoms with Crippen LogP contribution in [-0.2, 0) is 6.54 Å². The average Bonchev–Trinajstić information content (AvgIpc) is 2.63. The summed E-state index contributed by atoms with van der Waals surface area (Å²) in [6.45, 7) is 9.45. The molecule has 2 N–H and O–H groups in total. The van der Waals surface area contributed by atoms with Crippen molar-refractivity contribution in [3.8, 4) is 0 Å². The topological polar surface area (TPSA) is 36.8 Å². The number of quaternary nitrogens is 1. The Morgan fingerprint density at radius 1 is 1.04 bits per heavy atom. The van der Waals surface area contributed by atoms with E-state index in [1.807, 2.05) is 26.0 Å².